The van der Waals surface area contributed by atoms with E-state index in [1.54, 1.807) is 13.1 Å². The molecule has 0 unspecified atom stereocenters. The van der Waals surface area contributed by atoms with E-state index < -0.39 is 0 Å². The van der Waals surface area contributed by atoms with E-state index in [2.05, 4.69) is 10.4 Å². The first-order valence-electron chi connectivity index (χ1n) is 5.57. The number of hydrogen-bond acceptors (Lipinski definition) is 4. The zero-order valence-electron chi connectivity index (χ0n) is 10.3. The highest BCUT2D eigenvalue weighted by molar-refractivity contribution is 6.09. The molecule has 0 spiro atoms. The first-order chi connectivity index (χ1) is 9.13. The number of nitrogens with one attached hydrogen (secondary N) is 1. The monoisotopic (exact) mass is 260 g/mol. The quantitative estimate of drug-likeness (QED) is 0.652. The van der Waals surface area contributed by atoms with E-state index in [1.165, 1.54) is 41.6 Å². The molecule has 0 aliphatic rings. The molecule has 1 aromatic carbocycles. The van der Waals surface area contributed by atoms with E-state index in [9.17, 15) is 9.18 Å². The van der Waals surface area contributed by atoms with Gasteiger partial charge in [-0.25, -0.2) is 4.39 Å². The zero-order valence-corrected chi connectivity index (χ0v) is 10.3. The predicted octanol–water partition coefficient (Wildman–Crippen LogP) is 1.78. The average Bonchev–Trinajstić information content (AvgIpc) is 2.46. The molecule has 2 rings (SSSR count). The number of nitrogens with zero attached hydrogens (tertiary/aromatic N) is 2. The minimum atomic E-state index is -0.349. The molecule has 6 heteroatoms. The first-order valence-corrected chi connectivity index (χ1v) is 5.57. The van der Waals surface area contributed by atoms with Gasteiger partial charge in [-0.3, -0.25) is 15.6 Å². The summed E-state index contributed by atoms with van der Waals surface area (Å²) in [7, 11) is 1.61. The number of nitrogen functional groups attached to an aromatic ring is 1. The van der Waals surface area contributed by atoms with Crippen LogP contribution in [0.5, 0.6) is 0 Å². The van der Waals surface area contributed by atoms with Crippen molar-refractivity contribution in [2.24, 2.45) is 5.84 Å². The molecule has 0 atom stereocenters. The fourth-order valence-electron chi connectivity index (χ4n) is 1.66. The van der Waals surface area contributed by atoms with Crippen molar-refractivity contribution in [3.05, 3.63) is 54.1 Å². The van der Waals surface area contributed by atoms with Crippen LogP contribution in [0.4, 0.5) is 15.8 Å². The minimum absolute atomic E-state index is 0.262. The van der Waals surface area contributed by atoms with Gasteiger partial charge in [0.15, 0.2) is 0 Å². The van der Waals surface area contributed by atoms with Crippen LogP contribution in [-0.4, -0.2) is 17.9 Å². The highest BCUT2D eigenvalue weighted by atomic mass is 19.1. The molecular formula is C13H13FN4O. The molecule has 3 N–H and O–H groups in total. The number of hydrazine groups is 1. The molecule has 0 saturated carbocycles. The summed E-state index contributed by atoms with van der Waals surface area (Å²) in [5.74, 6) is 4.73. The van der Waals surface area contributed by atoms with Gasteiger partial charge in [0, 0.05) is 18.9 Å². The van der Waals surface area contributed by atoms with Crippen LogP contribution >= 0.6 is 0 Å². The second-order valence-electron chi connectivity index (χ2n) is 3.91. The minimum Gasteiger partial charge on any atom is -0.322 e. The second kappa shape index (κ2) is 5.45. The smallest absolute Gasteiger partial charge is 0.260 e. The summed E-state index contributed by atoms with van der Waals surface area (Å²) in [6.07, 6.45) is 2.97. The van der Waals surface area contributed by atoms with Gasteiger partial charge in [0.1, 0.15) is 5.82 Å². The Hall–Kier alpha value is -2.47. The summed E-state index contributed by atoms with van der Waals surface area (Å²) in [4.78, 5) is 17.6. The number of hydrogen-bond donors (Lipinski definition) is 2. The largest absolute Gasteiger partial charge is 0.322 e. The molecule has 1 aromatic heterocycles. The number of benzene rings is 1. The standard InChI is InChI=1S/C13H13FN4O/c1-18(10-4-2-9(14)3-5-10)13(19)11-6-7-16-8-12(11)17-15/h2-8,17H,15H2,1H3. The molecule has 1 amide bonds. The molecule has 0 aliphatic carbocycles. The Morgan fingerprint density at radius 3 is 2.63 bits per heavy atom. The molecule has 0 radical (unpaired) electrons. The van der Waals surface area contributed by atoms with Gasteiger partial charge < -0.3 is 10.3 Å². The molecule has 98 valence electrons. The van der Waals surface area contributed by atoms with Crippen LogP contribution in [0, 0.1) is 5.82 Å². The SMILES string of the molecule is CN(C(=O)c1ccncc1NN)c1ccc(F)cc1. The lowest BCUT2D eigenvalue weighted by molar-refractivity contribution is 0.0993. The van der Waals surface area contributed by atoms with Crippen molar-refractivity contribution in [2.45, 2.75) is 0 Å². The zero-order chi connectivity index (χ0) is 13.8. The number of amides is 1. The maximum absolute atomic E-state index is 12.9. The van der Waals surface area contributed by atoms with Gasteiger partial charge in [0.2, 0.25) is 0 Å². The van der Waals surface area contributed by atoms with Crippen LogP contribution < -0.4 is 16.2 Å². The van der Waals surface area contributed by atoms with Crippen LogP contribution in [0.3, 0.4) is 0 Å². The van der Waals surface area contributed by atoms with Crippen LogP contribution in [0.25, 0.3) is 0 Å². The number of halogens is 1. The molecule has 19 heavy (non-hydrogen) atoms. The molecular weight excluding hydrogens is 247 g/mol. The highest BCUT2D eigenvalue weighted by Crippen LogP contribution is 2.19. The van der Waals surface area contributed by atoms with Crippen LogP contribution in [0.1, 0.15) is 10.4 Å². The Morgan fingerprint density at radius 1 is 1.32 bits per heavy atom. The molecule has 2 aromatic rings. The normalized spacial score (nSPS) is 10.1. The summed E-state index contributed by atoms with van der Waals surface area (Å²) >= 11 is 0. The van der Waals surface area contributed by atoms with Crippen molar-refractivity contribution in [2.75, 3.05) is 17.4 Å². The average molecular weight is 260 g/mol. The van der Waals surface area contributed by atoms with E-state index in [4.69, 9.17) is 5.84 Å². The van der Waals surface area contributed by atoms with Crippen molar-refractivity contribution < 1.29 is 9.18 Å². The number of nitrogens with two attached hydrogens (primary N) is 1. The van der Waals surface area contributed by atoms with Gasteiger partial charge in [0.25, 0.3) is 5.91 Å². The predicted molar refractivity (Wildman–Crippen MR) is 71.2 cm³/mol. The Bertz CT molecular complexity index is 585. The van der Waals surface area contributed by atoms with E-state index in [-0.39, 0.29) is 11.7 Å². The summed E-state index contributed by atoms with van der Waals surface area (Å²) in [6, 6.07) is 7.23. The summed E-state index contributed by atoms with van der Waals surface area (Å²) in [5.41, 5.74) is 3.84. The molecule has 0 saturated heterocycles. The molecule has 0 bridgehead atoms. The van der Waals surface area contributed by atoms with Gasteiger partial charge in [-0.1, -0.05) is 0 Å². The second-order valence-corrected chi connectivity index (χ2v) is 3.91. The number of aromatic nitrogens is 1. The van der Waals surface area contributed by atoms with Crippen molar-refractivity contribution >= 4 is 17.3 Å². The molecule has 1 heterocycles. The lowest BCUT2D eigenvalue weighted by Gasteiger charge is -2.18. The van der Waals surface area contributed by atoms with Crippen LogP contribution in [0.2, 0.25) is 0 Å². The van der Waals surface area contributed by atoms with Gasteiger partial charge in [-0.05, 0) is 30.3 Å². The fraction of sp³-hybridized carbons (Fsp3) is 0.0769. The van der Waals surface area contributed by atoms with E-state index in [0.29, 0.717) is 16.9 Å². The third-order valence-electron chi connectivity index (χ3n) is 2.73. The van der Waals surface area contributed by atoms with Crippen LogP contribution in [0.15, 0.2) is 42.7 Å². The maximum atomic E-state index is 12.9. The van der Waals surface area contributed by atoms with Crippen molar-refractivity contribution in [1.29, 1.82) is 0 Å². The third kappa shape index (κ3) is 2.69. The highest BCUT2D eigenvalue weighted by Gasteiger charge is 2.16. The Balaban J connectivity index is 2.30. The first kappa shape index (κ1) is 13.0. The number of rotatable bonds is 3. The fourth-order valence-corrected chi connectivity index (χ4v) is 1.66. The van der Waals surface area contributed by atoms with Crippen molar-refractivity contribution in [3.63, 3.8) is 0 Å². The lowest BCUT2D eigenvalue weighted by atomic mass is 10.2. The Kier molecular flexibility index (Phi) is 3.72. The molecule has 0 aliphatic heterocycles. The number of anilines is 2. The summed E-state index contributed by atoms with van der Waals surface area (Å²) in [6.45, 7) is 0. The van der Waals surface area contributed by atoms with E-state index >= 15 is 0 Å². The maximum Gasteiger partial charge on any atom is 0.260 e. The van der Waals surface area contributed by atoms with Gasteiger partial charge in [-0.15, -0.1) is 0 Å². The van der Waals surface area contributed by atoms with E-state index in [1.807, 2.05) is 0 Å². The number of carbonyl (C=O) groups excluding carboxylic acids is 1. The van der Waals surface area contributed by atoms with Gasteiger partial charge in [-0.2, -0.15) is 0 Å². The third-order valence-corrected chi connectivity index (χ3v) is 2.73. The number of carbonyl (C=O) groups is 1. The van der Waals surface area contributed by atoms with Crippen LogP contribution in [-0.2, 0) is 0 Å². The van der Waals surface area contributed by atoms with Gasteiger partial charge >= 0.3 is 0 Å². The summed E-state index contributed by atoms with van der Waals surface area (Å²) < 4.78 is 12.9. The molecule has 0 fully saturated rings. The topological polar surface area (TPSA) is 71.2 Å². The molecule has 5 nitrogen and oxygen atoms in total. The van der Waals surface area contributed by atoms with Crippen molar-refractivity contribution in [1.82, 2.24) is 4.98 Å². The number of pyridine rings is 1. The van der Waals surface area contributed by atoms with Gasteiger partial charge in [0.05, 0.1) is 17.4 Å². The Labute approximate surface area is 109 Å². The van der Waals surface area contributed by atoms with Crippen molar-refractivity contribution in [3.8, 4) is 0 Å². The Morgan fingerprint density at radius 2 is 2.00 bits per heavy atom. The summed E-state index contributed by atoms with van der Waals surface area (Å²) in [5, 5.41) is 0. The van der Waals surface area contributed by atoms with E-state index in [0.717, 1.165) is 0 Å². The lowest BCUT2D eigenvalue weighted by Crippen LogP contribution is -2.27.